The highest BCUT2D eigenvalue weighted by atomic mass is 32.2. The van der Waals surface area contributed by atoms with Crippen LogP contribution in [0.4, 0.5) is 5.69 Å². The molecule has 1 fully saturated rings. The fourth-order valence-corrected chi connectivity index (χ4v) is 6.98. The van der Waals surface area contributed by atoms with Crippen LogP contribution in [0, 0.1) is 0 Å². The molecule has 0 aliphatic carbocycles. The van der Waals surface area contributed by atoms with E-state index in [2.05, 4.69) is 66.4 Å². The minimum Gasteiger partial charge on any atom is -0.494 e. The second-order valence-electron chi connectivity index (χ2n) is 8.93. The zero-order chi connectivity index (χ0) is 23.3. The number of nitrogens with zero attached hydrogens (tertiary/aromatic N) is 2. The van der Waals surface area contributed by atoms with Crippen molar-refractivity contribution in [1.82, 2.24) is 4.90 Å². The van der Waals surface area contributed by atoms with Crippen LogP contribution < -0.4 is 9.64 Å². The molecule has 1 amide bonds. The Kier molecular flexibility index (Phi) is 7.45. The van der Waals surface area contributed by atoms with Gasteiger partial charge in [0.15, 0.2) is 0 Å². The molecule has 0 saturated carbocycles. The van der Waals surface area contributed by atoms with E-state index < -0.39 is 0 Å². The maximum Gasteiger partial charge on any atom is 0.264 e. The number of carbonyl (C=O) groups excluding carboxylic acids is 1. The first-order valence-corrected chi connectivity index (χ1v) is 14.1. The number of carbonyl (C=O) groups is 1. The van der Waals surface area contributed by atoms with Crippen LogP contribution in [0.2, 0.25) is 0 Å². The van der Waals surface area contributed by atoms with Gasteiger partial charge in [-0.3, -0.25) is 4.79 Å². The predicted octanol–water partition coefficient (Wildman–Crippen LogP) is 6.94. The van der Waals surface area contributed by atoms with Crippen molar-refractivity contribution in [2.24, 2.45) is 0 Å². The van der Waals surface area contributed by atoms with Gasteiger partial charge in [-0.15, -0.1) is 23.1 Å². The van der Waals surface area contributed by atoms with Crippen LogP contribution in [-0.4, -0.2) is 43.6 Å². The SMILES string of the molecule is CCCCCCOc1ccc(N2CCN(C(=O)c3cc4c(s3)-c3ccccc3SC4)CC2)cc1. The summed E-state index contributed by atoms with van der Waals surface area (Å²) in [5.74, 6) is 2.06. The normalized spacial score (nSPS) is 15.1. The molecule has 4 nitrogen and oxygen atoms in total. The van der Waals surface area contributed by atoms with E-state index in [-0.39, 0.29) is 5.91 Å². The van der Waals surface area contributed by atoms with Gasteiger partial charge >= 0.3 is 0 Å². The Hall–Kier alpha value is -2.44. The Morgan fingerprint density at radius 2 is 1.76 bits per heavy atom. The molecule has 0 spiro atoms. The summed E-state index contributed by atoms with van der Waals surface area (Å²) in [7, 11) is 0. The van der Waals surface area contributed by atoms with Crippen LogP contribution in [0.5, 0.6) is 5.75 Å². The monoisotopic (exact) mass is 492 g/mol. The quantitative estimate of drug-likeness (QED) is 0.319. The summed E-state index contributed by atoms with van der Waals surface area (Å²) in [5.41, 5.74) is 3.77. The van der Waals surface area contributed by atoms with Gasteiger partial charge in [0.1, 0.15) is 5.75 Å². The van der Waals surface area contributed by atoms with Crippen molar-refractivity contribution in [3.63, 3.8) is 0 Å². The molecular formula is C28H32N2O2S2. The van der Waals surface area contributed by atoms with Crippen LogP contribution in [-0.2, 0) is 5.75 Å². The maximum atomic E-state index is 13.3. The van der Waals surface area contributed by atoms with Gasteiger partial charge in [0, 0.05) is 53.0 Å². The van der Waals surface area contributed by atoms with Crippen molar-refractivity contribution in [2.45, 2.75) is 43.3 Å². The van der Waals surface area contributed by atoms with Crippen LogP contribution in [0.1, 0.15) is 47.8 Å². The van der Waals surface area contributed by atoms with Gasteiger partial charge in [0.2, 0.25) is 0 Å². The molecule has 2 aliphatic rings. The smallest absolute Gasteiger partial charge is 0.264 e. The van der Waals surface area contributed by atoms with Crippen molar-refractivity contribution < 1.29 is 9.53 Å². The number of benzene rings is 2. The number of hydrogen-bond donors (Lipinski definition) is 0. The Balaban J connectivity index is 1.15. The van der Waals surface area contributed by atoms with Crippen LogP contribution in [0.25, 0.3) is 10.4 Å². The number of anilines is 1. The molecule has 0 N–H and O–H groups in total. The van der Waals surface area contributed by atoms with Crippen LogP contribution in [0.3, 0.4) is 0 Å². The summed E-state index contributed by atoms with van der Waals surface area (Å²) in [5, 5.41) is 0. The number of ether oxygens (including phenoxy) is 1. The first-order valence-electron chi connectivity index (χ1n) is 12.3. The molecule has 1 saturated heterocycles. The number of hydrogen-bond acceptors (Lipinski definition) is 5. The van der Waals surface area contributed by atoms with Crippen molar-refractivity contribution in [3.05, 3.63) is 65.0 Å². The fourth-order valence-electron chi connectivity index (χ4n) is 4.60. The predicted molar refractivity (Wildman–Crippen MR) is 144 cm³/mol. The second kappa shape index (κ2) is 10.9. The first-order chi connectivity index (χ1) is 16.7. The third kappa shape index (κ3) is 5.13. The lowest BCUT2D eigenvalue weighted by molar-refractivity contribution is 0.0751. The van der Waals surface area contributed by atoms with E-state index in [0.29, 0.717) is 0 Å². The summed E-state index contributed by atoms with van der Waals surface area (Å²) in [6.07, 6.45) is 4.87. The van der Waals surface area contributed by atoms with Crippen molar-refractivity contribution >= 4 is 34.7 Å². The molecule has 178 valence electrons. The number of piperazine rings is 1. The van der Waals surface area contributed by atoms with Gasteiger partial charge < -0.3 is 14.5 Å². The topological polar surface area (TPSA) is 32.8 Å². The van der Waals surface area contributed by atoms with E-state index in [1.165, 1.54) is 45.8 Å². The Bertz CT molecular complexity index is 1120. The summed E-state index contributed by atoms with van der Waals surface area (Å²) in [6.45, 7) is 6.23. The molecule has 34 heavy (non-hydrogen) atoms. The molecular weight excluding hydrogens is 460 g/mol. The maximum absolute atomic E-state index is 13.3. The van der Waals surface area contributed by atoms with E-state index in [1.807, 2.05) is 16.7 Å². The number of fused-ring (bicyclic) bond motifs is 3. The van der Waals surface area contributed by atoms with Gasteiger partial charge in [-0.1, -0.05) is 44.4 Å². The largest absolute Gasteiger partial charge is 0.494 e. The van der Waals surface area contributed by atoms with E-state index in [1.54, 1.807) is 11.3 Å². The summed E-state index contributed by atoms with van der Waals surface area (Å²) < 4.78 is 5.88. The first kappa shape index (κ1) is 23.3. The lowest BCUT2D eigenvalue weighted by atomic mass is 10.1. The Labute approximate surface area is 210 Å². The third-order valence-corrected chi connectivity index (χ3v) is 8.89. The molecule has 0 radical (unpaired) electrons. The zero-order valence-electron chi connectivity index (χ0n) is 19.8. The molecule has 0 bridgehead atoms. The van der Waals surface area contributed by atoms with E-state index in [0.717, 1.165) is 55.6 Å². The molecule has 3 aromatic rings. The molecule has 2 aliphatic heterocycles. The highest BCUT2D eigenvalue weighted by molar-refractivity contribution is 7.98. The molecule has 0 atom stereocenters. The van der Waals surface area contributed by atoms with E-state index >= 15 is 0 Å². The summed E-state index contributed by atoms with van der Waals surface area (Å²) in [4.78, 5) is 21.1. The number of thioether (sulfide) groups is 1. The van der Waals surface area contributed by atoms with Gasteiger partial charge in [-0.05, 0) is 48.4 Å². The lowest BCUT2D eigenvalue weighted by Gasteiger charge is -2.36. The van der Waals surface area contributed by atoms with Gasteiger partial charge in [-0.2, -0.15) is 0 Å². The van der Waals surface area contributed by atoms with Gasteiger partial charge in [-0.25, -0.2) is 0 Å². The molecule has 1 aromatic heterocycles. The molecule has 6 heteroatoms. The van der Waals surface area contributed by atoms with E-state index in [4.69, 9.17) is 4.74 Å². The Morgan fingerprint density at radius 1 is 0.971 bits per heavy atom. The minimum atomic E-state index is 0.174. The Morgan fingerprint density at radius 3 is 2.56 bits per heavy atom. The second-order valence-corrected chi connectivity index (χ2v) is 11.0. The van der Waals surface area contributed by atoms with Crippen molar-refractivity contribution in [3.8, 4) is 16.2 Å². The lowest BCUT2D eigenvalue weighted by Crippen LogP contribution is -2.48. The van der Waals surface area contributed by atoms with Gasteiger partial charge in [0.25, 0.3) is 5.91 Å². The fraction of sp³-hybridized carbons (Fsp3) is 0.393. The highest BCUT2D eigenvalue weighted by Gasteiger charge is 2.26. The standard InChI is InChI=1S/C28H32N2O2S2/c1-2-3-4-7-18-32-23-12-10-22(11-13-23)29-14-16-30(17-15-29)28(31)26-19-21-20-33-25-9-6-5-8-24(25)27(21)34-26/h5-6,8-13,19H,2-4,7,14-18,20H2,1H3. The van der Waals surface area contributed by atoms with Crippen molar-refractivity contribution in [2.75, 3.05) is 37.7 Å². The van der Waals surface area contributed by atoms with Crippen LogP contribution >= 0.6 is 23.1 Å². The average molecular weight is 493 g/mol. The third-order valence-electron chi connectivity index (χ3n) is 6.57. The van der Waals surface area contributed by atoms with Crippen molar-refractivity contribution in [1.29, 1.82) is 0 Å². The number of thiophene rings is 1. The molecule has 2 aromatic carbocycles. The van der Waals surface area contributed by atoms with Gasteiger partial charge in [0.05, 0.1) is 11.5 Å². The number of unbranched alkanes of at least 4 members (excludes halogenated alkanes) is 3. The molecule has 0 unspecified atom stereocenters. The highest BCUT2D eigenvalue weighted by Crippen LogP contribution is 2.45. The molecule has 5 rings (SSSR count). The average Bonchev–Trinajstić information content (AvgIpc) is 3.34. The molecule has 3 heterocycles. The number of amides is 1. The summed E-state index contributed by atoms with van der Waals surface area (Å²) >= 11 is 3.52. The number of rotatable bonds is 8. The summed E-state index contributed by atoms with van der Waals surface area (Å²) in [6, 6.07) is 19.1. The zero-order valence-corrected chi connectivity index (χ0v) is 21.4. The van der Waals surface area contributed by atoms with Crippen LogP contribution in [0.15, 0.2) is 59.5 Å². The minimum absolute atomic E-state index is 0.174. The van der Waals surface area contributed by atoms with E-state index in [9.17, 15) is 4.79 Å².